The molecule has 0 radical (unpaired) electrons. The van der Waals surface area contributed by atoms with Gasteiger partial charge in [0.1, 0.15) is 6.33 Å². The van der Waals surface area contributed by atoms with Gasteiger partial charge in [0.15, 0.2) is 5.69 Å². The topological polar surface area (TPSA) is 72.3 Å². The van der Waals surface area contributed by atoms with Crippen molar-refractivity contribution in [1.82, 2.24) is 9.97 Å². The van der Waals surface area contributed by atoms with Crippen molar-refractivity contribution in [3.05, 3.63) is 24.3 Å². The number of aromatic nitrogens is 2. The van der Waals surface area contributed by atoms with Crippen LogP contribution >= 0.6 is 0 Å². The van der Waals surface area contributed by atoms with Gasteiger partial charge in [0.2, 0.25) is 0 Å². The third-order valence-corrected chi connectivity index (χ3v) is 1.63. The molecule has 14 heavy (non-hydrogen) atoms. The first-order valence-electron chi connectivity index (χ1n) is 4.38. The van der Waals surface area contributed by atoms with Crippen LogP contribution in [0.15, 0.2) is 18.6 Å². The predicted octanol–water partition coefficient (Wildman–Crippen LogP) is 0.972. The Labute approximate surface area is 81.8 Å². The molecule has 5 heteroatoms. The quantitative estimate of drug-likeness (QED) is 0.724. The summed E-state index contributed by atoms with van der Waals surface area (Å²) in [6, 6.07) is 1.34. The van der Waals surface area contributed by atoms with Gasteiger partial charge in [-0.05, 0) is 18.9 Å². The average Bonchev–Trinajstić information content (AvgIpc) is 2.77. The molecule has 0 aliphatic carbocycles. The van der Waals surface area contributed by atoms with Gasteiger partial charge in [-0.15, -0.1) is 0 Å². The van der Waals surface area contributed by atoms with Crippen molar-refractivity contribution < 1.29 is 14.6 Å². The monoisotopic (exact) mass is 196 g/mol. The van der Waals surface area contributed by atoms with Crippen LogP contribution in [0.5, 0.6) is 0 Å². The number of rotatable bonds is 1. The van der Waals surface area contributed by atoms with Gasteiger partial charge >= 0.3 is 5.97 Å². The van der Waals surface area contributed by atoms with Crippen LogP contribution in [0.2, 0.25) is 0 Å². The van der Waals surface area contributed by atoms with Crippen molar-refractivity contribution >= 4 is 5.97 Å². The summed E-state index contributed by atoms with van der Waals surface area (Å²) in [5.41, 5.74) is 0.0185. The third-order valence-electron chi connectivity index (χ3n) is 1.63. The Morgan fingerprint density at radius 3 is 2.43 bits per heavy atom. The second-order valence-electron chi connectivity index (χ2n) is 2.72. The minimum atomic E-state index is -1.03. The number of hydrogen-bond donors (Lipinski definition) is 1. The summed E-state index contributed by atoms with van der Waals surface area (Å²) in [6.45, 7) is 2.00. The van der Waals surface area contributed by atoms with E-state index in [1.54, 1.807) is 0 Å². The van der Waals surface area contributed by atoms with Gasteiger partial charge < -0.3 is 9.84 Å². The van der Waals surface area contributed by atoms with Crippen molar-refractivity contribution in [2.45, 2.75) is 12.8 Å². The number of hydrogen-bond acceptors (Lipinski definition) is 4. The molecule has 1 aromatic heterocycles. The molecule has 2 rings (SSSR count). The molecule has 0 bridgehead atoms. The summed E-state index contributed by atoms with van der Waals surface area (Å²) < 4.78 is 4.94. The highest BCUT2D eigenvalue weighted by Crippen LogP contribution is 1.98. The zero-order chi connectivity index (χ0) is 10.2. The van der Waals surface area contributed by atoms with Crippen LogP contribution in [-0.2, 0) is 4.74 Å². The minimum Gasteiger partial charge on any atom is -0.477 e. The molecule has 2 heterocycles. The van der Waals surface area contributed by atoms with E-state index in [1.165, 1.54) is 31.4 Å². The van der Waals surface area contributed by atoms with Gasteiger partial charge in [-0.25, -0.2) is 14.8 Å². The van der Waals surface area contributed by atoms with Gasteiger partial charge in [0.25, 0.3) is 0 Å². The molecule has 0 atom stereocenters. The Kier molecular flexibility index (Phi) is 4.57. The summed E-state index contributed by atoms with van der Waals surface area (Å²) in [4.78, 5) is 17.1. The van der Waals surface area contributed by atoms with E-state index in [9.17, 15) is 4.79 Å². The predicted molar refractivity (Wildman–Crippen MR) is 49.0 cm³/mol. The normalized spacial score (nSPS) is 14.3. The first kappa shape index (κ1) is 10.6. The summed E-state index contributed by atoms with van der Waals surface area (Å²) in [6.07, 6.45) is 5.14. The molecule has 5 nitrogen and oxygen atoms in total. The zero-order valence-electron chi connectivity index (χ0n) is 7.72. The lowest BCUT2D eigenvalue weighted by atomic mass is 10.4. The summed E-state index contributed by atoms with van der Waals surface area (Å²) in [5, 5.41) is 8.29. The molecule has 1 N–H and O–H groups in total. The highest BCUT2D eigenvalue weighted by molar-refractivity contribution is 5.84. The molecule has 1 aliphatic rings. The van der Waals surface area contributed by atoms with Crippen LogP contribution in [-0.4, -0.2) is 34.3 Å². The maximum atomic E-state index is 10.1. The van der Waals surface area contributed by atoms with E-state index < -0.39 is 5.97 Å². The molecule has 76 valence electrons. The van der Waals surface area contributed by atoms with E-state index in [1.807, 2.05) is 0 Å². The van der Waals surface area contributed by atoms with Crippen molar-refractivity contribution in [3.63, 3.8) is 0 Å². The second-order valence-corrected chi connectivity index (χ2v) is 2.72. The molecule has 1 aliphatic heterocycles. The highest BCUT2D eigenvalue weighted by Gasteiger charge is 1.99. The van der Waals surface area contributed by atoms with E-state index in [0.29, 0.717) is 0 Å². The van der Waals surface area contributed by atoms with Crippen LogP contribution in [0.4, 0.5) is 0 Å². The molecular formula is C9H12N2O3. The van der Waals surface area contributed by atoms with Gasteiger partial charge in [-0.2, -0.15) is 0 Å². The number of aromatic carboxylic acids is 1. The third kappa shape index (κ3) is 3.95. The first-order valence-corrected chi connectivity index (χ1v) is 4.38. The lowest BCUT2D eigenvalue weighted by molar-refractivity contribution is 0.0690. The second kappa shape index (κ2) is 6.04. The number of carbonyl (C=O) groups is 1. The molecule has 0 amide bonds. The summed E-state index contributed by atoms with van der Waals surface area (Å²) >= 11 is 0. The standard InChI is InChI=1S/C5H4N2O2.C4H8O/c8-5(9)4-1-2-6-3-7-4;1-2-4-5-3-1/h1-3H,(H,8,9);1-4H2. The molecule has 1 fully saturated rings. The van der Waals surface area contributed by atoms with E-state index >= 15 is 0 Å². The van der Waals surface area contributed by atoms with Gasteiger partial charge in [-0.3, -0.25) is 0 Å². The fourth-order valence-electron chi connectivity index (χ4n) is 0.928. The molecule has 0 spiro atoms. The summed E-state index contributed by atoms with van der Waals surface area (Å²) in [7, 11) is 0. The Balaban J connectivity index is 0.000000165. The van der Waals surface area contributed by atoms with Gasteiger partial charge in [0.05, 0.1) is 0 Å². The highest BCUT2D eigenvalue weighted by atomic mass is 16.5. The smallest absolute Gasteiger partial charge is 0.354 e. The Hall–Kier alpha value is -1.49. The Morgan fingerprint density at radius 2 is 2.14 bits per heavy atom. The van der Waals surface area contributed by atoms with E-state index in [2.05, 4.69) is 9.97 Å². The minimum absolute atomic E-state index is 0.0185. The van der Waals surface area contributed by atoms with Crippen LogP contribution in [0.1, 0.15) is 23.3 Å². The molecule has 0 saturated carbocycles. The fraction of sp³-hybridized carbons (Fsp3) is 0.444. The maximum Gasteiger partial charge on any atom is 0.354 e. The van der Waals surface area contributed by atoms with Crippen LogP contribution in [0.3, 0.4) is 0 Å². The number of carboxylic acids is 1. The molecule has 1 saturated heterocycles. The maximum absolute atomic E-state index is 10.1. The van der Waals surface area contributed by atoms with E-state index in [0.717, 1.165) is 13.2 Å². The average molecular weight is 196 g/mol. The van der Waals surface area contributed by atoms with Crippen LogP contribution < -0.4 is 0 Å². The number of carboxylic acid groups (broad SMARTS) is 1. The lowest BCUT2D eigenvalue weighted by Crippen LogP contribution is -1.98. The molecular weight excluding hydrogens is 184 g/mol. The molecule has 0 unspecified atom stereocenters. The summed E-state index contributed by atoms with van der Waals surface area (Å²) in [5.74, 6) is -1.03. The first-order chi connectivity index (χ1) is 6.80. The number of ether oxygens (including phenoxy) is 1. The zero-order valence-corrected chi connectivity index (χ0v) is 7.72. The van der Waals surface area contributed by atoms with Crippen LogP contribution in [0, 0.1) is 0 Å². The van der Waals surface area contributed by atoms with Crippen molar-refractivity contribution in [3.8, 4) is 0 Å². The lowest BCUT2D eigenvalue weighted by Gasteiger charge is -1.86. The van der Waals surface area contributed by atoms with E-state index in [-0.39, 0.29) is 5.69 Å². The molecule has 1 aromatic rings. The Bertz CT molecular complexity index is 265. The van der Waals surface area contributed by atoms with Gasteiger partial charge in [-0.1, -0.05) is 0 Å². The molecule has 0 aromatic carbocycles. The van der Waals surface area contributed by atoms with Crippen molar-refractivity contribution in [1.29, 1.82) is 0 Å². The largest absolute Gasteiger partial charge is 0.477 e. The van der Waals surface area contributed by atoms with E-state index in [4.69, 9.17) is 9.84 Å². The fourth-order valence-corrected chi connectivity index (χ4v) is 0.928. The number of nitrogens with zero attached hydrogens (tertiary/aromatic N) is 2. The SMILES string of the molecule is C1CCOC1.O=C(O)c1ccncn1. The van der Waals surface area contributed by atoms with Crippen LogP contribution in [0.25, 0.3) is 0 Å². The van der Waals surface area contributed by atoms with Gasteiger partial charge in [0, 0.05) is 19.4 Å². The van der Waals surface area contributed by atoms with Crippen molar-refractivity contribution in [2.24, 2.45) is 0 Å². The Morgan fingerprint density at radius 1 is 1.43 bits per heavy atom. The van der Waals surface area contributed by atoms with Crippen molar-refractivity contribution in [2.75, 3.05) is 13.2 Å².